The molecule has 1 heterocycles. The predicted molar refractivity (Wildman–Crippen MR) is 511 cm³/mol. The molecule has 20 rings (SSSR count). The maximum Gasteiger partial charge on any atom is 0.0542 e. The topological polar surface area (TPSA) is 24.4 Å². The molecule has 0 aliphatic carbocycles. The summed E-state index contributed by atoms with van der Waals surface area (Å²) < 4.78 is 2.44. The van der Waals surface area contributed by atoms with Crippen molar-refractivity contribution in [1.82, 2.24) is 4.57 Å². The highest BCUT2D eigenvalue weighted by atomic mass is 15.2. The second-order valence-corrected chi connectivity index (χ2v) is 30.2. The first-order valence-corrected chi connectivity index (χ1v) is 41.2. The molecule has 7 nitrogen and oxygen atoms in total. The monoisotopic (exact) mass is 1550 g/mol. The molecule has 0 radical (unpaired) electrons. The summed E-state index contributed by atoms with van der Waals surface area (Å²) in [4.78, 5) is 14.4. The highest BCUT2D eigenvalue weighted by Crippen LogP contribution is 2.51. The van der Waals surface area contributed by atoms with Crippen molar-refractivity contribution in [2.24, 2.45) is 0 Å². The van der Waals surface area contributed by atoms with Crippen molar-refractivity contribution in [3.05, 3.63) is 504 Å². The Morgan fingerprint density at radius 2 is 0.331 bits per heavy atom. The van der Waals surface area contributed by atoms with Crippen molar-refractivity contribution < 1.29 is 0 Å². The molecule has 574 valence electrons. The molecule has 0 fully saturated rings. The fraction of sp³-hybridized carbons (Fsp3) is 0. The molecule has 0 aliphatic rings. The van der Waals surface area contributed by atoms with Crippen LogP contribution in [0.3, 0.4) is 0 Å². The van der Waals surface area contributed by atoms with Crippen LogP contribution in [0, 0.1) is 0 Å². The molecule has 1 aromatic heterocycles. The molecule has 0 amide bonds. The lowest BCUT2D eigenvalue weighted by atomic mass is 10.0. The van der Waals surface area contributed by atoms with Crippen LogP contribution < -0.4 is 29.4 Å². The average Bonchev–Trinajstić information content (AvgIpc) is 1.57. The van der Waals surface area contributed by atoms with Gasteiger partial charge in [0.1, 0.15) is 0 Å². The lowest BCUT2D eigenvalue weighted by Crippen LogP contribution is -2.16. The number of rotatable bonds is 23. The molecule has 20 aromatic rings. The fourth-order valence-corrected chi connectivity index (χ4v) is 17.0. The number of fused-ring (bicyclic) bond motifs is 3. The standard InChI is InChI=1S/C114H83N7/c1-11-35-84(36-12-1)87-61-67-99(68-62-87)118(100-69-63-88(64-70-100)85-37-13-2-14-38-85)108-78-107(117(96-51-25-8-26-52-96)97-53-27-9-28-54-97)79-109(82-108)119(98-55-29-10-30-56-98)102-57-33-41-90(75-102)91-42-34-58-103(76-91)121-113-60-32-31-59-111(113)112-83-104(73-74-114(112)121)120(101-71-65-89(66-72-101)86-39-15-3-16-40-86)110-80-105(115(92-43-17-4-18-44-92)93-45-19-5-20-46-93)77-106(81-110)116(94-47-21-6-22-48-94)95-49-23-7-24-50-95/h1-83H. The largest absolute Gasteiger partial charge is 0.310 e. The second-order valence-electron chi connectivity index (χ2n) is 30.2. The Hall–Kier alpha value is -16.2. The summed E-state index contributed by atoms with van der Waals surface area (Å²) in [5.74, 6) is 0. The molecular weight excluding hydrogens is 1470 g/mol. The molecular formula is C114H83N7. The van der Waals surface area contributed by atoms with Gasteiger partial charge in [-0.1, -0.05) is 297 Å². The summed E-state index contributed by atoms with van der Waals surface area (Å²) in [6, 6.07) is 182. The number of para-hydroxylation sites is 8. The Morgan fingerprint density at radius 3 is 0.653 bits per heavy atom. The van der Waals surface area contributed by atoms with Crippen molar-refractivity contribution in [2.75, 3.05) is 29.4 Å². The fourth-order valence-electron chi connectivity index (χ4n) is 17.0. The molecule has 0 spiro atoms. The number of aromatic nitrogens is 1. The smallest absolute Gasteiger partial charge is 0.0542 e. The number of benzene rings is 19. The third-order valence-corrected chi connectivity index (χ3v) is 22.6. The van der Waals surface area contributed by atoms with Crippen molar-refractivity contribution >= 4 is 124 Å². The molecule has 19 aromatic carbocycles. The number of nitrogens with zero attached hydrogens (tertiary/aromatic N) is 7. The number of hydrogen-bond acceptors (Lipinski definition) is 6. The van der Waals surface area contributed by atoms with Crippen molar-refractivity contribution in [1.29, 1.82) is 0 Å². The zero-order valence-corrected chi connectivity index (χ0v) is 66.6. The van der Waals surface area contributed by atoms with Gasteiger partial charge in [-0.05, 0) is 251 Å². The average molecular weight is 1550 g/mol. The lowest BCUT2D eigenvalue weighted by molar-refractivity contribution is 1.18. The van der Waals surface area contributed by atoms with Crippen molar-refractivity contribution in [3.8, 4) is 50.2 Å². The van der Waals surface area contributed by atoms with E-state index in [9.17, 15) is 0 Å². The summed E-state index contributed by atoms with van der Waals surface area (Å²) in [5.41, 5.74) is 30.5. The van der Waals surface area contributed by atoms with Crippen LogP contribution in [0.15, 0.2) is 504 Å². The quantitative estimate of drug-likeness (QED) is 0.0633. The van der Waals surface area contributed by atoms with Gasteiger partial charge in [-0.3, -0.25) is 0 Å². The van der Waals surface area contributed by atoms with E-state index >= 15 is 0 Å². The Kier molecular flexibility index (Phi) is 20.4. The van der Waals surface area contributed by atoms with Gasteiger partial charge in [0.15, 0.2) is 0 Å². The van der Waals surface area contributed by atoms with E-state index in [-0.39, 0.29) is 0 Å². The van der Waals surface area contributed by atoms with Gasteiger partial charge in [0.25, 0.3) is 0 Å². The van der Waals surface area contributed by atoms with Gasteiger partial charge in [-0.25, -0.2) is 0 Å². The van der Waals surface area contributed by atoms with E-state index in [4.69, 9.17) is 0 Å². The van der Waals surface area contributed by atoms with Gasteiger partial charge in [0.2, 0.25) is 0 Å². The number of anilines is 18. The Balaban J connectivity index is 0.735. The highest BCUT2D eigenvalue weighted by Gasteiger charge is 2.27. The molecule has 7 heteroatoms. The van der Waals surface area contributed by atoms with Crippen LogP contribution in [0.2, 0.25) is 0 Å². The minimum Gasteiger partial charge on any atom is -0.310 e. The lowest BCUT2D eigenvalue weighted by Gasteiger charge is -2.33. The van der Waals surface area contributed by atoms with E-state index in [0.29, 0.717) is 0 Å². The first kappa shape index (κ1) is 73.7. The molecule has 121 heavy (non-hydrogen) atoms. The van der Waals surface area contributed by atoms with Crippen LogP contribution in [0.5, 0.6) is 0 Å². The first-order chi connectivity index (χ1) is 60.0. The summed E-state index contributed by atoms with van der Waals surface area (Å²) in [5, 5.41) is 2.27. The zero-order chi connectivity index (χ0) is 80.6. The zero-order valence-electron chi connectivity index (χ0n) is 66.6. The number of hydrogen-bond donors (Lipinski definition) is 0. The summed E-state index contributed by atoms with van der Waals surface area (Å²) in [7, 11) is 0. The van der Waals surface area contributed by atoms with Gasteiger partial charge in [-0.15, -0.1) is 0 Å². The van der Waals surface area contributed by atoms with Gasteiger partial charge in [-0.2, -0.15) is 0 Å². The molecule has 0 saturated carbocycles. The van der Waals surface area contributed by atoms with E-state index in [1.165, 1.54) is 0 Å². The van der Waals surface area contributed by atoms with Crippen molar-refractivity contribution in [2.45, 2.75) is 0 Å². The minimum atomic E-state index is 0.969. The second kappa shape index (κ2) is 33.5. The summed E-state index contributed by atoms with van der Waals surface area (Å²) in [6.45, 7) is 0. The van der Waals surface area contributed by atoms with Crippen LogP contribution in [0.25, 0.3) is 72.0 Å². The molecule has 0 unspecified atom stereocenters. The first-order valence-electron chi connectivity index (χ1n) is 41.2. The van der Waals surface area contributed by atoms with Crippen LogP contribution in [0.4, 0.5) is 102 Å². The summed E-state index contributed by atoms with van der Waals surface area (Å²) >= 11 is 0. The minimum absolute atomic E-state index is 0.969. The maximum atomic E-state index is 2.44. The molecule has 0 bridgehead atoms. The Labute approximate surface area is 707 Å². The van der Waals surface area contributed by atoms with Crippen LogP contribution >= 0.6 is 0 Å². The summed E-state index contributed by atoms with van der Waals surface area (Å²) in [6.07, 6.45) is 0. The molecule has 0 N–H and O–H groups in total. The van der Waals surface area contributed by atoms with Gasteiger partial charge in [0.05, 0.1) is 45.2 Å². The van der Waals surface area contributed by atoms with Crippen LogP contribution in [-0.2, 0) is 0 Å². The van der Waals surface area contributed by atoms with Crippen molar-refractivity contribution in [3.63, 3.8) is 0 Å². The predicted octanol–water partition coefficient (Wildman–Crippen LogP) is 32.3. The Morgan fingerprint density at radius 1 is 0.116 bits per heavy atom. The third kappa shape index (κ3) is 15.2. The molecule has 0 atom stereocenters. The van der Waals surface area contributed by atoms with Gasteiger partial charge in [0, 0.05) is 84.7 Å². The van der Waals surface area contributed by atoms with Gasteiger partial charge >= 0.3 is 0 Å². The van der Waals surface area contributed by atoms with E-state index in [0.717, 1.165) is 174 Å². The SMILES string of the molecule is c1ccc(-c2ccc(N(c3ccc(-c4ccccc4)cc3)c3cc(N(c4ccccc4)c4ccccc4)cc(N(c4ccccc4)c4cccc(-c5cccc(-n6c7ccccc7c7cc(N(c8ccc(-c9ccccc9)cc8)c8cc(N(c9ccccc9)c9ccccc9)cc(N(c9ccccc9)c9ccccc9)c8)ccc76)c5)c4)c3)cc2)cc1. The molecule has 0 aliphatic heterocycles. The highest BCUT2D eigenvalue weighted by molar-refractivity contribution is 6.11. The van der Waals surface area contributed by atoms with E-state index < -0.39 is 0 Å². The van der Waals surface area contributed by atoms with Crippen LogP contribution in [-0.4, -0.2) is 4.57 Å². The van der Waals surface area contributed by atoms with Gasteiger partial charge < -0.3 is 34.0 Å². The third-order valence-electron chi connectivity index (χ3n) is 22.6. The Bertz CT molecular complexity index is 6600. The van der Waals surface area contributed by atoms with E-state index in [1.807, 2.05) is 0 Å². The van der Waals surface area contributed by atoms with E-state index in [1.54, 1.807) is 0 Å². The maximum absolute atomic E-state index is 2.44. The molecule has 0 saturated heterocycles. The normalized spacial score (nSPS) is 11.1. The van der Waals surface area contributed by atoms with E-state index in [2.05, 4.69) is 537 Å². The van der Waals surface area contributed by atoms with Crippen LogP contribution in [0.1, 0.15) is 0 Å².